The maximum atomic E-state index is 12.8. The molecule has 1 aromatic rings. The fourth-order valence-electron chi connectivity index (χ4n) is 1.71. The van der Waals surface area contributed by atoms with E-state index >= 15 is 0 Å². The highest BCUT2D eigenvalue weighted by atomic mass is 19.4. The van der Waals surface area contributed by atoms with Gasteiger partial charge in [-0.25, -0.2) is 0 Å². The summed E-state index contributed by atoms with van der Waals surface area (Å²) >= 11 is 0. The molecular formula is C14H14F6N2O2. The van der Waals surface area contributed by atoms with Crippen molar-refractivity contribution < 1.29 is 35.9 Å². The van der Waals surface area contributed by atoms with E-state index in [1.165, 1.54) is 14.1 Å². The molecule has 0 aliphatic heterocycles. The van der Waals surface area contributed by atoms with E-state index in [4.69, 9.17) is 0 Å². The van der Waals surface area contributed by atoms with E-state index in [-0.39, 0.29) is 6.07 Å². The number of carbonyl (C=O) groups excluding carboxylic acids is 2. The highest BCUT2D eigenvalue weighted by Crippen LogP contribution is 2.36. The van der Waals surface area contributed by atoms with Crippen LogP contribution < -0.4 is 0 Å². The van der Waals surface area contributed by atoms with E-state index in [0.717, 1.165) is 16.8 Å². The van der Waals surface area contributed by atoms with Crippen LogP contribution in [-0.4, -0.2) is 49.3 Å². The Morgan fingerprint density at radius 1 is 0.875 bits per heavy atom. The average molecular weight is 356 g/mol. The number of halogens is 6. The highest BCUT2D eigenvalue weighted by Gasteiger charge is 2.37. The topological polar surface area (TPSA) is 40.6 Å². The van der Waals surface area contributed by atoms with Crippen LogP contribution in [0.3, 0.4) is 0 Å². The number of rotatable bonds is 3. The standard InChI is InChI=1S/C14H14F6N2O2/c1-21(2)11(23)7-22(3)12(24)8-4-9(13(15,16)17)6-10(5-8)14(18,19)20/h4-6H,7H2,1-3H3. The van der Waals surface area contributed by atoms with Gasteiger partial charge in [-0.05, 0) is 18.2 Å². The molecule has 0 N–H and O–H groups in total. The van der Waals surface area contributed by atoms with Crippen molar-refractivity contribution in [3.63, 3.8) is 0 Å². The Balaban J connectivity index is 3.27. The number of carbonyl (C=O) groups is 2. The number of hydrogen-bond donors (Lipinski definition) is 0. The molecule has 1 aromatic carbocycles. The van der Waals surface area contributed by atoms with Crippen molar-refractivity contribution >= 4 is 11.8 Å². The lowest BCUT2D eigenvalue weighted by Gasteiger charge is -2.20. The van der Waals surface area contributed by atoms with Gasteiger partial charge in [0.15, 0.2) is 0 Å². The summed E-state index contributed by atoms with van der Waals surface area (Å²) in [6.45, 7) is -0.483. The molecule has 10 heteroatoms. The highest BCUT2D eigenvalue weighted by molar-refractivity contribution is 5.96. The number of amides is 2. The lowest BCUT2D eigenvalue weighted by molar-refractivity contribution is -0.143. The lowest BCUT2D eigenvalue weighted by atomic mass is 10.0. The van der Waals surface area contributed by atoms with Gasteiger partial charge in [0.05, 0.1) is 17.7 Å². The Morgan fingerprint density at radius 3 is 1.62 bits per heavy atom. The van der Waals surface area contributed by atoms with E-state index < -0.39 is 47.4 Å². The molecule has 0 saturated carbocycles. The minimum atomic E-state index is -5.05. The summed E-state index contributed by atoms with van der Waals surface area (Å²) in [5, 5.41) is 0. The van der Waals surface area contributed by atoms with Crippen molar-refractivity contribution in [2.45, 2.75) is 12.4 Å². The fourth-order valence-corrected chi connectivity index (χ4v) is 1.71. The number of benzene rings is 1. The van der Waals surface area contributed by atoms with Gasteiger partial charge >= 0.3 is 12.4 Å². The van der Waals surface area contributed by atoms with Crippen LogP contribution in [0.5, 0.6) is 0 Å². The Labute approximate surface area is 133 Å². The second-order valence-corrected chi connectivity index (χ2v) is 5.24. The summed E-state index contributed by atoms with van der Waals surface area (Å²) in [7, 11) is 3.90. The molecule has 0 atom stereocenters. The lowest BCUT2D eigenvalue weighted by Crippen LogP contribution is -2.38. The third-order valence-corrected chi connectivity index (χ3v) is 3.05. The third kappa shape index (κ3) is 4.87. The first-order chi connectivity index (χ1) is 10.7. The molecule has 0 aliphatic carbocycles. The minimum absolute atomic E-state index is 0.0677. The molecule has 1 rings (SSSR count). The van der Waals surface area contributed by atoms with Crippen LogP contribution in [0.2, 0.25) is 0 Å². The Bertz CT molecular complexity index is 605. The molecular weight excluding hydrogens is 342 g/mol. The first-order valence-corrected chi connectivity index (χ1v) is 6.48. The summed E-state index contributed by atoms with van der Waals surface area (Å²) in [5.74, 6) is -1.66. The van der Waals surface area contributed by atoms with Crippen LogP contribution in [-0.2, 0) is 17.1 Å². The first-order valence-electron chi connectivity index (χ1n) is 6.48. The predicted octanol–water partition coefficient (Wildman–Crippen LogP) is 2.88. The molecule has 2 amide bonds. The first kappa shape index (κ1) is 19.8. The van der Waals surface area contributed by atoms with Gasteiger partial charge in [0.25, 0.3) is 5.91 Å². The van der Waals surface area contributed by atoms with Gasteiger partial charge in [-0.2, -0.15) is 26.3 Å². The largest absolute Gasteiger partial charge is 0.416 e. The van der Waals surface area contributed by atoms with Gasteiger partial charge in [0, 0.05) is 26.7 Å². The van der Waals surface area contributed by atoms with Gasteiger partial charge in [0.2, 0.25) is 5.91 Å². The smallest absolute Gasteiger partial charge is 0.347 e. The van der Waals surface area contributed by atoms with Crippen molar-refractivity contribution in [2.75, 3.05) is 27.7 Å². The molecule has 0 unspecified atom stereocenters. The van der Waals surface area contributed by atoms with Gasteiger partial charge < -0.3 is 9.80 Å². The zero-order valence-electron chi connectivity index (χ0n) is 12.9. The molecule has 0 bridgehead atoms. The minimum Gasteiger partial charge on any atom is -0.347 e. The van der Waals surface area contributed by atoms with Crippen LogP contribution >= 0.6 is 0 Å². The van der Waals surface area contributed by atoms with Crippen molar-refractivity contribution in [1.82, 2.24) is 9.80 Å². The van der Waals surface area contributed by atoms with Crippen LogP contribution in [0.1, 0.15) is 21.5 Å². The molecule has 0 fully saturated rings. The zero-order chi connectivity index (χ0) is 18.9. The van der Waals surface area contributed by atoms with Crippen LogP contribution in [0, 0.1) is 0 Å². The average Bonchev–Trinajstić information content (AvgIpc) is 2.43. The van der Waals surface area contributed by atoms with Gasteiger partial charge in [-0.1, -0.05) is 0 Å². The molecule has 0 spiro atoms. The quantitative estimate of drug-likeness (QED) is 0.782. The van der Waals surface area contributed by atoms with Gasteiger partial charge in [-0.15, -0.1) is 0 Å². The number of hydrogen-bond acceptors (Lipinski definition) is 2. The van der Waals surface area contributed by atoms with Crippen LogP contribution in [0.15, 0.2) is 18.2 Å². The second kappa shape index (κ2) is 6.70. The monoisotopic (exact) mass is 356 g/mol. The Hall–Kier alpha value is -2.26. The van der Waals surface area contributed by atoms with Crippen molar-refractivity contribution in [2.24, 2.45) is 0 Å². The van der Waals surface area contributed by atoms with E-state index in [0.29, 0.717) is 12.1 Å². The molecule has 0 aliphatic rings. The van der Waals surface area contributed by atoms with Gasteiger partial charge in [0.1, 0.15) is 0 Å². The number of nitrogens with zero attached hydrogens (tertiary/aromatic N) is 2. The van der Waals surface area contributed by atoms with Crippen molar-refractivity contribution in [3.05, 3.63) is 34.9 Å². The Kier molecular flexibility index (Phi) is 5.52. The molecule has 24 heavy (non-hydrogen) atoms. The molecule has 0 heterocycles. The normalized spacial score (nSPS) is 12.0. The zero-order valence-corrected chi connectivity index (χ0v) is 12.9. The summed E-state index contributed by atoms with van der Waals surface area (Å²) in [4.78, 5) is 25.5. The number of likely N-dealkylation sites (N-methyl/N-ethyl adjacent to an activating group) is 2. The maximum Gasteiger partial charge on any atom is 0.416 e. The second-order valence-electron chi connectivity index (χ2n) is 5.24. The SMILES string of the molecule is CN(C)C(=O)CN(C)C(=O)c1cc(C(F)(F)F)cc(C(F)(F)F)c1. The Morgan fingerprint density at radius 2 is 1.29 bits per heavy atom. The van der Waals surface area contributed by atoms with E-state index in [1.807, 2.05) is 0 Å². The van der Waals surface area contributed by atoms with Gasteiger partial charge in [-0.3, -0.25) is 9.59 Å². The molecule has 0 radical (unpaired) electrons. The summed E-state index contributed by atoms with van der Waals surface area (Å²) in [6, 6.07) is 0.587. The summed E-state index contributed by atoms with van der Waals surface area (Å²) in [5.41, 5.74) is -3.98. The van der Waals surface area contributed by atoms with Crippen molar-refractivity contribution in [3.8, 4) is 0 Å². The maximum absolute atomic E-state index is 12.8. The number of alkyl halides is 6. The van der Waals surface area contributed by atoms with E-state index in [9.17, 15) is 35.9 Å². The van der Waals surface area contributed by atoms with Crippen molar-refractivity contribution in [1.29, 1.82) is 0 Å². The summed E-state index contributed by atoms with van der Waals surface area (Å²) in [6.07, 6.45) is -10.1. The predicted molar refractivity (Wildman–Crippen MR) is 72.1 cm³/mol. The molecule has 134 valence electrons. The molecule has 4 nitrogen and oxygen atoms in total. The molecule has 0 saturated heterocycles. The van der Waals surface area contributed by atoms with Crippen LogP contribution in [0.25, 0.3) is 0 Å². The third-order valence-electron chi connectivity index (χ3n) is 3.05. The fraction of sp³-hybridized carbons (Fsp3) is 0.429. The van der Waals surface area contributed by atoms with E-state index in [2.05, 4.69) is 0 Å². The van der Waals surface area contributed by atoms with E-state index in [1.54, 1.807) is 0 Å². The van der Waals surface area contributed by atoms with Crippen LogP contribution in [0.4, 0.5) is 26.3 Å². The molecule has 0 aromatic heterocycles. The summed E-state index contributed by atoms with van der Waals surface area (Å²) < 4.78 is 76.6.